The zero-order chi connectivity index (χ0) is 18.9. The topological polar surface area (TPSA) is 81.9 Å². The van der Waals surface area contributed by atoms with Crippen molar-refractivity contribution < 1.29 is 14.2 Å². The highest BCUT2D eigenvalue weighted by atomic mass is 16.5. The van der Waals surface area contributed by atoms with E-state index in [-0.39, 0.29) is 6.10 Å². The van der Waals surface area contributed by atoms with Crippen molar-refractivity contribution in [3.8, 4) is 5.75 Å². The van der Waals surface area contributed by atoms with Crippen LogP contribution in [0.5, 0.6) is 5.75 Å². The number of nitrogens with one attached hydrogen (secondary N) is 1. The van der Waals surface area contributed by atoms with Crippen molar-refractivity contribution in [2.75, 3.05) is 43.2 Å². The van der Waals surface area contributed by atoms with Gasteiger partial charge in [0.15, 0.2) is 5.79 Å². The van der Waals surface area contributed by atoms with Gasteiger partial charge in [-0.3, -0.25) is 10.7 Å². The van der Waals surface area contributed by atoms with Gasteiger partial charge in [0.2, 0.25) is 0 Å². The normalized spacial score (nSPS) is 24.3. The molecule has 0 saturated carbocycles. The first-order valence-corrected chi connectivity index (χ1v) is 9.74. The number of hydrogen-bond donors (Lipinski definition) is 2. The van der Waals surface area contributed by atoms with Gasteiger partial charge in [0.1, 0.15) is 18.5 Å². The number of nitrogens with two attached hydrogens (primary N) is 1. The van der Waals surface area contributed by atoms with Crippen molar-refractivity contribution in [3.05, 3.63) is 24.4 Å². The van der Waals surface area contributed by atoms with Crippen LogP contribution in [0.2, 0.25) is 0 Å². The highest BCUT2D eigenvalue weighted by Gasteiger charge is 2.41. The Balaban J connectivity index is 1.73. The summed E-state index contributed by atoms with van der Waals surface area (Å²) in [4.78, 5) is 6.80. The number of pyridine rings is 1. The standard InChI is InChI=1S/C20H28N4O3/c1-3-8-24-19-16-10-14(27-15-7-9-26-12-15)5-6-17(16)22-11-18(19)23-20(24,21)13-25-4-2/h5-6,10-11,15,23H,3-4,7-9,12-13,21H2,1-2H3. The molecule has 2 unspecified atom stereocenters. The minimum absolute atomic E-state index is 0.114. The molecule has 2 aliphatic heterocycles. The van der Waals surface area contributed by atoms with Gasteiger partial charge in [-0.05, 0) is 31.5 Å². The summed E-state index contributed by atoms with van der Waals surface area (Å²) < 4.78 is 17.2. The Morgan fingerprint density at radius 1 is 1.41 bits per heavy atom. The van der Waals surface area contributed by atoms with Gasteiger partial charge in [0.05, 0.1) is 36.3 Å². The molecular weight excluding hydrogens is 344 g/mol. The van der Waals surface area contributed by atoms with Crippen LogP contribution >= 0.6 is 0 Å². The molecule has 0 radical (unpaired) electrons. The summed E-state index contributed by atoms with van der Waals surface area (Å²) in [5.41, 5.74) is 9.62. The molecule has 0 bridgehead atoms. The Kier molecular flexibility index (Phi) is 5.08. The molecule has 2 atom stereocenters. The molecule has 27 heavy (non-hydrogen) atoms. The Morgan fingerprint density at radius 2 is 2.30 bits per heavy atom. The Morgan fingerprint density at radius 3 is 3.04 bits per heavy atom. The molecule has 3 N–H and O–H groups in total. The van der Waals surface area contributed by atoms with E-state index < -0.39 is 5.79 Å². The smallest absolute Gasteiger partial charge is 0.188 e. The van der Waals surface area contributed by atoms with Crippen LogP contribution in [-0.2, 0) is 9.47 Å². The molecule has 1 aromatic heterocycles. The van der Waals surface area contributed by atoms with Crippen molar-refractivity contribution in [1.29, 1.82) is 0 Å². The Labute approximate surface area is 159 Å². The van der Waals surface area contributed by atoms with Gasteiger partial charge in [-0.1, -0.05) is 6.92 Å². The average molecular weight is 372 g/mol. The molecule has 7 nitrogen and oxygen atoms in total. The van der Waals surface area contributed by atoms with Crippen molar-refractivity contribution in [2.45, 2.75) is 38.6 Å². The predicted octanol–water partition coefficient (Wildman–Crippen LogP) is 2.69. The van der Waals surface area contributed by atoms with Gasteiger partial charge < -0.3 is 24.4 Å². The summed E-state index contributed by atoms with van der Waals surface area (Å²) in [6.45, 7) is 7.38. The van der Waals surface area contributed by atoms with E-state index in [1.807, 2.05) is 25.3 Å². The molecular formula is C20H28N4O3. The summed E-state index contributed by atoms with van der Waals surface area (Å²) in [6.07, 6.45) is 3.87. The number of benzene rings is 1. The summed E-state index contributed by atoms with van der Waals surface area (Å²) >= 11 is 0. The number of rotatable bonds is 7. The van der Waals surface area contributed by atoms with E-state index in [0.29, 0.717) is 19.8 Å². The fraction of sp³-hybridized carbons (Fsp3) is 0.550. The van der Waals surface area contributed by atoms with Crippen LogP contribution in [0, 0.1) is 0 Å². The van der Waals surface area contributed by atoms with Gasteiger partial charge in [0.25, 0.3) is 0 Å². The molecule has 0 aliphatic carbocycles. The second kappa shape index (κ2) is 7.50. The molecule has 146 valence electrons. The number of fused-ring (bicyclic) bond motifs is 3. The van der Waals surface area contributed by atoms with Crippen LogP contribution in [0.1, 0.15) is 26.7 Å². The summed E-state index contributed by atoms with van der Waals surface area (Å²) in [6, 6.07) is 6.04. The maximum atomic E-state index is 6.70. The highest BCUT2D eigenvalue weighted by molar-refractivity contribution is 6.01. The maximum absolute atomic E-state index is 6.70. The lowest BCUT2D eigenvalue weighted by molar-refractivity contribution is 0.105. The molecule has 2 aromatic rings. The summed E-state index contributed by atoms with van der Waals surface area (Å²) in [5.74, 6) is 0.0597. The van der Waals surface area contributed by atoms with Gasteiger partial charge in [0, 0.05) is 25.0 Å². The van der Waals surface area contributed by atoms with Crippen LogP contribution < -0.4 is 20.7 Å². The lowest BCUT2D eigenvalue weighted by Crippen LogP contribution is -2.62. The van der Waals surface area contributed by atoms with Crippen molar-refractivity contribution >= 4 is 22.3 Å². The fourth-order valence-electron chi connectivity index (χ4n) is 3.82. The average Bonchev–Trinajstić information content (AvgIpc) is 3.27. The number of anilines is 2. The van der Waals surface area contributed by atoms with E-state index in [4.69, 9.17) is 19.9 Å². The van der Waals surface area contributed by atoms with Crippen LogP contribution in [0.4, 0.5) is 11.4 Å². The molecule has 4 rings (SSSR count). The van der Waals surface area contributed by atoms with Crippen LogP contribution in [0.25, 0.3) is 10.9 Å². The number of ether oxygens (including phenoxy) is 3. The molecule has 1 aromatic carbocycles. The minimum atomic E-state index is -0.777. The number of aromatic nitrogens is 1. The second-order valence-electron chi connectivity index (χ2n) is 7.14. The first-order valence-electron chi connectivity index (χ1n) is 9.74. The number of nitrogens with zero attached hydrogens (tertiary/aromatic N) is 2. The van der Waals surface area contributed by atoms with Crippen LogP contribution in [0.15, 0.2) is 24.4 Å². The Bertz CT molecular complexity index is 809. The van der Waals surface area contributed by atoms with Crippen molar-refractivity contribution in [2.24, 2.45) is 5.73 Å². The molecule has 0 amide bonds. The lowest BCUT2D eigenvalue weighted by Gasteiger charge is -2.36. The van der Waals surface area contributed by atoms with Gasteiger partial charge in [-0.15, -0.1) is 0 Å². The molecule has 1 saturated heterocycles. The molecule has 3 heterocycles. The lowest BCUT2D eigenvalue weighted by atomic mass is 10.1. The van der Waals surface area contributed by atoms with Crippen LogP contribution in [0.3, 0.4) is 0 Å². The third-order valence-corrected chi connectivity index (χ3v) is 5.08. The first kappa shape index (κ1) is 18.3. The number of hydrogen-bond acceptors (Lipinski definition) is 7. The van der Waals surface area contributed by atoms with E-state index in [9.17, 15) is 0 Å². The largest absolute Gasteiger partial charge is 0.488 e. The molecule has 1 fully saturated rings. The van der Waals surface area contributed by atoms with E-state index in [2.05, 4.69) is 28.2 Å². The van der Waals surface area contributed by atoms with Crippen molar-refractivity contribution in [1.82, 2.24) is 4.98 Å². The quantitative estimate of drug-likeness (QED) is 0.773. The zero-order valence-corrected chi connectivity index (χ0v) is 16.0. The second-order valence-corrected chi connectivity index (χ2v) is 7.14. The van der Waals surface area contributed by atoms with E-state index in [0.717, 1.165) is 54.0 Å². The zero-order valence-electron chi connectivity index (χ0n) is 16.0. The highest BCUT2D eigenvalue weighted by Crippen LogP contribution is 2.43. The third kappa shape index (κ3) is 3.42. The fourth-order valence-corrected chi connectivity index (χ4v) is 3.82. The minimum Gasteiger partial charge on any atom is -0.488 e. The summed E-state index contributed by atoms with van der Waals surface area (Å²) in [5, 5.41) is 4.46. The SMILES string of the molecule is CCCN1c2c(cnc3ccc(OC4CCOC4)cc23)NC1(N)COCC. The third-order valence-electron chi connectivity index (χ3n) is 5.08. The monoisotopic (exact) mass is 372 g/mol. The van der Waals surface area contributed by atoms with E-state index in [1.165, 1.54) is 0 Å². The maximum Gasteiger partial charge on any atom is 0.188 e. The Hall–Kier alpha value is -2.09. The van der Waals surface area contributed by atoms with Crippen LogP contribution in [-0.4, -0.2) is 49.8 Å². The molecule has 2 aliphatic rings. The van der Waals surface area contributed by atoms with E-state index in [1.54, 1.807) is 0 Å². The first-order chi connectivity index (χ1) is 13.1. The van der Waals surface area contributed by atoms with Gasteiger partial charge in [-0.25, -0.2) is 0 Å². The summed E-state index contributed by atoms with van der Waals surface area (Å²) in [7, 11) is 0. The molecule has 0 spiro atoms. The molecule has 7 heteroatoms. The van der Waals surface area contributed by atoms with E-state index >= 15 is 0 Å². The van der Waals surface area contributed by atoms with Gasteiger partial charge in [-0.2, -0.15) is 0 Å². The van der Waals surface area contributed by atoms with Crippen molar-refractivity contribution in [3.63, 3.8) is 0 Å². The predicted molar refractivity (Wildman–Crippen MR) is 106 cm³/mol. The van der Waals surface area contributed by atoms with Gasteiger partial charge >= 0.3 is 0 Å².